The Kier molecular flexibility index (Phi) is 9.58. The van der Waals surface area contributed by atoms with Gasteiger partial charge < -0.3 is 10.2 Å². The molecule has 33 heavy (non-hydrogen) atoms. The largest absolute Gasteiger partial charge is 0.352 e. The van der Waals surface area contributed by atoms with E-state index in [1.165, 1.54) is 11.8 Å². The summed E-state index contributed by atoms with van der Waals surface area (Å²) in [4.78, 5) is 29.7. The van der Waals surface area contributed by atoms with Crippen molar-refractivity contribution < 1.29 is 9.59 Å². The number of carbonyl (C=O) groups is 2. The van der Waals surface area contributed by atoms with Gasteiger partial charge in [0.1, 0.15) is 6.04 Å². The molecule has 0 saturated carbocycles. The summed E-state index contributed by atoms with van der Waals surface area (Å²) >= 11 is 1.50. The van der Waals surface area contributed by atoms with Crippen LogP contribution in [0.2, 0.25) is 0 Å². The molecule has 2 atom stereocenters. The van der Waals surface area contributed by atoms with Crippen molar-refractivity contribution in [1.82, 2.24) is 10.2 Å². The van der Waals surface area contributed by atoms with Crippen molar-refractivity contribution in [3.63, 3.8) is 0 Å². The molecule has 0 saturated heterocycles. The quantitative estimate of drug-likeness (QED) is 0.393. The van der Waals surface area contributed by atoms with Crippen molar-refractivity contribution in [2.45, 2.75) is 50.2 Å². The van der Waals surface area contributed by atoms with Gasteiger partial charge in [0.15, 0.2) is 0 Å². The Hall–Kier alpha value is -3.05. The lowest BCUT2D eigenvalue weighted by atomic mass is 10.0. The second kappa shape index (κ2) is 12.9. The highest BCUT2D eigenvalue weighted by molar-refractivity contribution is 8.00. The molecule has 0 aliphatic carbocycles. The van der Waals surface area contributed by atoms with E-state index in [9.17, 15) is 9.59 Å². The van der Waals surface area contributed by atoms with Gasteiger partial charge in [-0.1, -0.05) is 85.8 Å². The van der Waals surface area contributed by atoms with Crippen molar-refractivity contribution in [3.05, 3.63) is 102 Å². The molecule has 0 heterocycles. The fraction of sp³-hybridized carbons (Fsp3) is 0.286. The number of hydrogen-bond donors (Lipinski definition) is 1. The maximum atomic E-state index is 13.5. The third-order valence-corrected chi connectivity index (χ3v) is 6.57. The number of thioether (sulfide) groups is 1. The Bertz CT molecular complexity index is 996. The van der Waals surface area contributed by atoms with E-state index in [-0.39, 0.29) is 23.6 Å². The summed E-state index contributed by atoms with van der Waals surface area (Å²) in [7, 11) is 0. The molecule has 1 N–H and O–H groups in total. The van der Waals surface area contributed by atoms with Crippen LogP contribution >= 0.6 is 11.8 Å². The minimum Gasteiger partial charge on any atom is -0.352 e. The van der Waals surface area contributed by atoms with Gasteiger partial charge in [0.2, 0.25) is 11.8 Å². The number of amides is 2. The van der Waals surface area contributed by atoms with Crippen molar-refractivity contribution in [2.24, 2.45) is 0 Å². The van der Waals surface area contributed by atoms with Crippen LogP contribution in [-0.4, -0.2) is 34.6 Å². The first kappa shape index (κ1) is 24.6. The number of benzene rings is 3. The van der Waals surface area contributed by atoms with E-state index in [4.69, 9.17) is 0 Å². The average molecular weight is 461 g/mol. The van der Waals surface area contributed by atoms with Gasteiger partial charge in [-0.2, -0.15) is 0 Å². The van der Waals surface area contributed by atoms with Crippen LogP contribution in [0.15, 0.2) is 95.9 Å². The van der Waals surface area contributed by atoms with Gasteiger partial charge in [0, 0.05) is 23.9 Å². The van der Waals surface area contributed by atoms with E-state index >= 15 is 0 Å². The summed E-state index contributed by atoms with van der Waals surface area (Å²) < 4.78 is 0. The summed E-state index contributed by atoms with van der Waals surface area (Å²) in [5.74, 6) is 0.119. The highest BCUT2D eigenvalue weighted by Gasteiger charge is 2.30. The molecule has 0 fully saturated rings. The molecule has 2 amide bonds. The van der Waals surface area contributed by atoms with E-state index < -0.39 is 6.04 Å². The first-order valence-electron chi connectivity index (χ1n) is 11.4. The Morgan fingerprint density at radius 2 is 1.39 bits per heavy atom. The lowest BCUT2D eigenvalue weighted by Gasteiger charge is -2.32. The monoisotopic (exact) mass is 460 g/mol. The molecule has 0 radical (unpaired) electrons. The molecule has 4 nitrogen and oxygen atoms in total. The van der Waals surface area contributed by atoms with E-state index in [0.29, 0.717) is 13.0 Å². The van der Waals surface area contributed by atoms with Crippen LogP contribution in [0, 0.1) is 0 Å². The molecular formula is C28H32N2O2S. The fourth-order valence-electron chi connectivity index (χ4n) is 3.52. The zero-order chi connectivity index (χ0) is 23.5. The normalized spacial score (nSPS) is 12.5. The highest BCUT2D eigenvalue weighted by atomic mass is 32.2. The number of rotatable bonds is 11. The molecule has 0 bridgehead atoms. The topological polar surface area (TPSA) is 49.4 Å². The van der Waals surface area contributed by atoms with Crippen LogP contribution in [-0.2, 0) is 22.6 Å². The lowest BCUT2D eigenvalue weighted by Crippen LogP contribution is -2.52. The standard InChI is InChI=1S/C28H32N2O2S/c1-3-22(2)29-28(32)26(19-23-13-7-4-8-14-23)30(20-24-15-9-5-10-16-24)27(31)21-33-25-17-11-6-12-18-25/h4-18,22,26H,3,19-21H2,1-2H3,(H,29,32). The zero-order valence-corrected chi connectivity index (χ0v) is 20.1. The second-order valence-corrected chi connectivity index (χ2v) is 9.18. The molecule has 0 aromatic heterocycles. The summed E-state index contributed by atoms with van der Waals surface area (Å²) in [6.45, 7) is 4.42. The van der Waals surface area contributed by atoms with Gasteiger partial charge in [-0.05, 0) is 36.6 Å². The lowest BCUT2D eigenvalue weighted by molar-refractivity contribution is -0.139. The van der Waals surface area contributed by atoms with Gasteiger partial charge in [0.25, 0.3) is 0 Å². The highest BCUT2D eigenvalue weighted by Crippen LogP contribution is 2.21. The molecule has 0 spiro atoms. The van der Waals surface area contributed by atoms with Gasteiger partial charge in [0.05, 0.1) is 5.75 Å². The van der Waals surface area contributed by atoms with Crippen LogP contribution in [0.4, 0.5) is 0 Å². The molecule has 3 aromatic carbocycles. The van der Waals surface area contributed by atoms with E-state index in [1.807, 2.05) is 105 Å². The van der Waals surface area contributed by atoms with Crippen molar-refractivity contribution in [1.29, 1.82) is 0 Å². The second-order valence-electron chi connectivity index (χ2n) is 8.13. The van der Waals surface area contributed by atoms with Gasteiger partial charge >= 0.3 is 0 Å². The Morgan fingerprint density at radius 3 is 1.97 bits per heavy atom. The molecule has 0 aliphatic rings. The Morgan fingerprint density at radius 1 is 0.848 bits per heavy atom. The van der Waals surface area contributed by atoms with Gasteiger partial charge in [-0.15, -0.1) is 11.8 Å². The van der Waals surface area contributed by atoms with E-state index in [2.05, 4.69) is 5.32 Å². The molecular weight excluding hydrogens is 428 g/mol. The minimum atomic E-state index is -0.592. The van der Waals surface area contributed by atoms with Crippen molar-refractivity contribution >= 4 is 23.6 Å². The Balaban J connectivity index is 1.88. The summed E-state index contributed by atoms with van der Waals surface area (Å²) in [5.41, 5.74) is 2.04. The van der Waals surface area contributed by atoms with Crippen LogP contribution in [0.3, 0.4) is 0 Å². The summed E-state index contributed by atoms with van der Waals surface area (Å²) in [5, 5.41) is 3.11. The van der Waals surface area contributed by atoms with Crippen LogP contribution < -0.4 is 5.32 Å². The van der Waals surface area contributed by atoms with Crippen LogP contribution in [0.5, 0.6) is 0 Å². The third kappa shape index (κ3) is 7.79. The molecule has 3 rings (SSSR count). The SMILES string of the molecule is CCC(C)NC(=O)C(Cc1ccccc1)N(Cc1ccccc1)C(=O)CSc1ccccc1. The van der Waals surface area contributed by atoms with Crippen LogP contribution in [0.25, 0.3) is 0 Å². The maximum Gasteiger partial charge on any atom is 0.243 e. The smallest absolute Gasteiger partial charge is 0.243 e. The zero-order valence-electron chi connectivity index (χ0n) is 19.3. The number of carbonyl (C=O) groups excluding carboxylic acids is 2. The number of hydrogen-bond acceptors (Lipinski definition) is 3. The predicted molar refractivity (Wildman–Crippen MR) is 136 cm³/mol. The number of nitrogens with one attached hydrogen (secondary N) is 1. The first-order chi connectivity index (χ1) is 16.1. The third-order valence-electron chi connectivity index (χ3n) is 5.57. The van der Waals surface area contributed by atoms with Crippen molar-refractivity contribution in [2.75, 3.05) is 5.75 Å². The van der Waals surface area contributed by atoms with Gasteiger partial charge in [-0.25, -0.2) is 0 Å². The van der Waals surface area contributed by atoms with E-state index in [0.717, 1.165) is 22.4 Å². The predicted octanol–water partition coefficient (Wildman–Crippen LogP) is 5.33. The van der Waals surface area contributed by atoms with Crippen LogP contribution in [0.1, 0.15) is 31.4 Å². The maximum absolute atomic E-state index is 13.5. The first-order valence-corrected chi connectivity index (χ1v) is 12.4. The van der Waals surface area contributed by atoms with Crippen molar-refractivity contribution in [3.8, 4) is 0 Å². The molecule has 3 aromatic rings. The summed E-state index contributed by atoms with van der Waals surface area (Å²) in [6, 6.07) is 29.1. The molecule has 172 valence electrons. The van der Waals surface area contributed by atoms with Gasteiger partial charge in [-0.3, -0.25) is 9.59 Å². The summed E-state index contributed by atoms with van der Waals surface area (Å²) in [6.07, 6.45) is 1.30. The molecule has 0 aliphatic heterocycles. The minimum absolute atomic E-state index is 0.0446. The Labute approximate surface area is 201 Å². The molecule has 5 heteroatoms. The fourth-order valence-corrected chi connectivity index (χ4v) is 4.33. The average Bonchev–Trinajstić information content (AvgIpc) is 2.86. The molecule has 2 unspecified atom stereocenters. The van der Waals surface area contributed by atoms with E-state index in [1.54, 1.807) is 4.90 Å². The number of nitrogens with zero attached hydrogens (tertiary/aromatic N) is 1.